The molecule has 0 N–H and O–H groups in total. The Morgan fingerprint density at radius 1 is 1.31 bits per heavy atom. The van der Waals surface area contributed by atoms with E-state index >= 15 is 0 Å². The number of tetrazole rings is 1. The van der Waals surface area contributed by atoms with Crippen LogP contribution >= 0.6 is 23.1 Å². The van der Waals surface area contributed by atoms with E-state index in [0.29, 0.717) is 10.9 Å². The fourth-order valence-electron chi connectivity index (χ4n) is 2.42. The smallest absolute Gasteiger partial charge is 0.214 e. The van der Waals surface area contributed by atoms with Crippen molar-refractivity contribution in [2.75, 3.05) is 7.11 Å². The summed E-state index contributed by atoms with van der Waals surface area (Å²) in [6, 6.07) is 7.81. The molecule has 0 saturated carbocycles. The fraction of sp³-hybridized carbons (Fsp3) is 0.176. The van der Waals surface area contributed by atoms with Crippen LogP contribution in [0.4, 0.5) is 0 Å². The Morgan fingerprint density at radius 2 is 2.23 bits per heavy atom. The molecule has 7 nitrogen and oxygen atoms in total. The van der Waals surface area contributed by atoms with Gasteiger partial charge in [0.2, 0.25) is 5.16 Å². The number of thioether (sulfide) groups is 1. The first kappa shape index (κ1) is 16.8. The number of hydrogen-bond donors (Lipinski definition) is 0. The van der Waals surface area contributed by atoms with Gasteiger partial charge in [-0.15, -0.1) is 16.4 Å². The molecule has 4 aromatic rings. The Kier molecular flexibility index (Phi) is 4.72. The van der Waals surface area contributed by atoms with Gasteiger partial charge < -0.3 is 9.15 Å². The number of aryl methyl sites for hydroxylation is 1. The lowest BCUT2D eigenvalue weighted by Gasteiger charge is -2.10. The molecule has 1 aromatic carbocycles. The number of aromatic nitrogens is 5. The van der Waals surface area contributed by atoms with E-state index in [-0.39, 0.29) is 0 Å². The molecule has 3 heterocycles. The summed E-state index contributed by atoms with van der Waals surface area (Å²) in [5.74, 6) is 1.39. The number of ether oxygens (including phenoxy) is 1. The zero-order valence-electron chi connectivity index (χ0n) is 14.1. The lowest BCUT2D eigenvalue weighted by atomic mass is 10.2. The van der Waals surface area contributed by atoms with E-state index < -0.39 is 0 Å². The summed E-state index contributed by atoms with van der Waals surface area (Å²) in [6.07, 6.45) is 3.34. The van der Waals surface area contributed by atoms with Gasteiger partial charge in [0.1, 0.15) is 22.7 Å². The van der Waals surface area contributed by atoms with Crippen LogP contribution in [0.3, 0.4) is 0 Å². The molecule has 0 bridgehead atoms. The molecule has 0 aliphatic heterocycles. The van der Waals surface area contributed by atoms with Crippen LogP contribution < -0.4 is 4.74 Å². The van der Waals surface area contributed by atoms with Gasteiger partial charge >= 0.3 is 0 Å². The van der Waals surface area contributed by atoms with Crippen LogP contribution in [0.1, 0.15) is 11.3 Å². The van der Waals surface area contributed by atoms with Crippen molar-refractivity contribution in [3.63, 3.8) is 0 Å². The SMILES string of the molecule is COc1ccc(C)cc1-n1nnnc1SCc1csc(-c2ccoc2)n1. The topological polar surface area (TPSA) is 78.9 Å². The van der Waals surface area contributed by atoms with Crippen molar-refractivity contribution in [1.29, 1.82) is 0 Å². The Morgan fingerprint density at radius 3 is 3.04 bits per heavy atom. The highest BCUT2D eigenvalue weighted by atomic mass is 32.2. The van der Waals surface area contributed by atoms with Gasteiger partial charge in [-0.2, -0.15) is 4.68 Å². The Balaban J connectivity index is 1.54. The van der Waals surface area contributed by atoms with Gasteiger partial charge in [0.05, 0.1) is 19.1 Å². The minimum Gasteiger partial charge on any atom is -0.494 e. The average molecular weight is 385 g/mol. The summed E-state index contributed by atoms with van der Waals surface area (Å²) in [7, 11) is 1.64. The number of furan rings is 1. The molecule has 0 atom stereocenters. The van der Waals surface area contributed by atoms with E-state index in [1.807, 2.05) is 36.6 Å². The lowest BCUT2D eigenvalue weighted by molar-refractivity contribution is 0.410. The molecule has 0 radical (unpaired) electrons. The van der Waals surface area contributed by atoms with Crippen molar-refractivity contribution >= 4 is 23.1 Å². The number of benzene rings is 1. The second kappa shape index (κ2) is 7.30. The van der Waals surface area contributed by atoms with Crippen molar-refractivity contribution in [1.82, 2.24) is 25.2 Å². The monoisotopic (exact) mass is 385 g/mol. The molecule has 9 heteroatoms. The van der Waals surface area contributed by atoms with Crippen LogP contribution in [0.2, 0.25) is 0 Å². The van der Waals surface area contributed by atoms with E-state index in [4.69, 9.17) is 9.15 Å². The summed E-state index contributed by atoms with van der Waals surface area (Å²) in [5, 5.41) is 15.7. The van der Waals surface area contributed by atoms with Crippen molar-refractivity contribution in [3.05, 3.63) is 53.4 Å². The van der Waals surface area contributed by atoms with Gasteiger partial charge in [-0.05, 0) is 41.1 Å². The summed E-state index contributed by atoms with van der Waals surface area (Å²) in [4.78, 5) is 4.64. The van der Waals surface area contributed by atoms with Crippen LogP contribution in [0.15, 0.2) is 51.7 Å². The molecule has 0 amide bonds. The molecular formula is C17H15N5O2S2. The zero-order chi connectivity index (χ0) is 17.9. The highest BCUT2D eigenvalue weighted by molar-refractivity contribution is 7.98. The predicted molar refractivity (Wildman–Crippen MR) is 99.8 cm³/mol. The summed E-state index contributed by atoms with van der Waals surface area (Å²) >= 11 is 3.12. The third-order valence-electron chi connectivity index (χ3n) is 3.67. The number of hydrogen-bond acceptors (Lipinski definition) is 8. The standard InChI is InChI=1S/C17H15N5O2S2/c1-11-3-4-15(23-2)14(7-11)22-17(19-20-21-22)26-10-13-9-25-16(18-13)12-5-6-24-8-12/h3-9H,10H2,1-2H3. The third-order valence-corrected chi connectivity index (χ3v) is 5.57. The second-order valence-electron chi connectivity index (χ2n) is 5.49. The first-order chi connectivity index (χ1) is 12.7. The molecule has 0 saturated heterocycles. The quantitative estimate of drug-likeness (QED) is 0.464. The minimum atomic E-state index is 0.669. The molecule has 132 valence electrons. The average Bonchev–Trinajstić information content (AvgIpc) is 3.40. The van der Waals surface area contributed by atoms with E-state index in [2.05, 4.69) is 20.5 Å². The van der Waals surface area contributed by atoms with Gasteiger partial charge in [0, 0.05) is 16.7 Å². The highest BCUT2D eigenvalue weighted by Crippen LogP contribution is 2.30. The zero-order valence-corrected chi connectivity index (χ0v) is 15.8. The van der Waals surface area contributed by atoms with E-state index in [1.165, 1.54) is 11.8 Å². The molecule has 0 aliphatic carbocycles. The van der Waals surface area contributed by atoms with E-state index in [1.54, 1.807) is 35.7 Å². The molecule has 3 aromatic heterocycles. The van der Waals surface area contributed by atoms with Crippen LogP contribution in [-0.4, -0.2) is 32.3 Å². The molecule has 0 spiro atoms. The lowest BCUT2D eigenvalue weighted by Crippen LogP contribution is -2.02. The van der Waals surface area contributed by atoms with Crippen molar-refractivity contribution in [2.24, 2.45) is 0 Å². The molecule has 0 unspecified atom stereocenters. The van der Waals surface area contributed by atoms with E-state index in [9.17, 15) is 0 Å². The van der Waals surface area contributed by atoms with Crippen LogP contribution in [0.25, 0.3) is 16.3 Å². The molecule has 4 rings (SSSR count). The summed E-state index contributed by atoms with van der Waals surface area (Å²) in [5.41, 5.74) is 3.89. The van der Waals surface area contributed by atoms with Gasteiger partial charge in [-0.25, -0.2) is 4.98 Å². The maximum absolute atomic E-state index is 5.44. The van der Waals surface area contributed by atoms with Crippen LogP contribution in [0, 0.1) is 6.92 Å². The van der Waals surface area contributed by atoms with Crippen molar-refractivity contribution in [3.8, 4) is 22.0 Å². The van der Waals surface area contributed by atoms with Crippen molar-refractivity contribution < 1.29 is 9.15 Å². The summed E-state index contributed by atoms with van der Waals surface area (Å²) in [6.45, 7) is 2.02. The van der Waals surface area contributed by atoms with Gasteiger partial charge in [0.25, 0.3) is 0 Å². The summed E-state index contributed by atoms with van der Waals surface area (Å²) < 4.78 is 12.2. The normalized spacial score (nSPS) is 11.0. The predicted octanol–water partition coefficient (Wildman–Crippen LogP) is 3.99. The van der Waals surface area contributed by atoms with Gasteiger partial charge in [-0.1, -0.05) is 17.8 Å². The largest absolute Gasteiger partial charge is 0.494 e. The van der Waals surface area contributed by atoms with Crippen LogP contribution in [-0.2, 0) is 5.75 Å². The highest BCUT2D eigenvalue weighted by Gasteiger charge is 2.15. The third kappa shape index (κ3) is 3.35. The minimum absolute atomic E-state index is 0.669. The molecule has 0 aliphatic rings. The Hall–Kier alpha value is -2.65. The number of nitrogens with zero attached hydrogens (tertiary/aromatic N) is 5. The Bertz CT molecular complexity index is 1010. The van der Waals surface area contributed by atoms with Gasteiger partial charge in [-0.3, -0.25) is 0 Å². The van der Waals surface area contributed by atoms with Gasteiger partial charge in [0.15, 0.2) is 0 Å². The molecule has 26 heavy (non-hydrogen) atoms. The second-order valence-corrected chi connectivity index (χ2v) is 7.29. The maximum atomic E-state index is 5.44. The maximum Gasteiger partial charge on any atom is 0.214 e. The fourth-order valence-corrected chi connectivity index (χ4v) is 4.10. The molecule has 0 fully saturated rings. The Labute approximate surface area is 158 Å². The first-order valence-electron chi connectivity index (χ1n) is 7.78. The van der Waals surface area contributed by atoms with Crippen molar-refractivity contribution in [2.45, 2.75) is 17.8 Å². The van der Waals surface area contributed by atoms with E-state index in [0.717, 1.165) is 33.3 Å². The van der Waals surface area contributed by atoms with Crippen LogP contribution in [0.5, 0.6) is 5.75 Å². The number of methoxy groups -OCH3 is 1. The molecular weight excluding hydrogens is 370 g/mol. The first-order valence-corrected chi connectivity index (χ1v) is 9.64. The number of rotatable bonds is 6. The number of thiazole rings is 1.